The standard InChI is InChI=1S/C23H24N6O6/c1-13(2)17(18(31)20-26-27-22(35-20)23(3)9-10-23)25-16(30)12-28-19(14-7-5-4-6-8-14)24-11-15(21(28)32)29(33)34/h4-8,11,13,17H,9-10,12H2,1-3H3,(H,25,30). The quantitative estimate of drug-likeness (QED) is 0.275. The fourth-order valence-corrected chi connectivity index (χ4v) is 3.57. The molecule has 12 nitrogen and oxygen atoms in total. The molecule has 35 heavy (non-hydrogen) atoms. The Morgan fingerprint density at radius 2 is 1.91 bits per heavy atom. The average Bonchev–Trinajstić information content (AvgIpc) is 3.37. The minimum absolute atomic E-state index is 0.0861. The lowest BCUT2D eigenvalue weighted by Gasteiger charge is -2.20. The monoisotopic (exact) mass is 480 g/mol. The molecule has 0 saturated heterocycles. The highest BCUT2D eigenvalue weighted by atomic mass is 16.6. The second-order valence-corrected chi connectivity index (χ2v) is 9.11. The van der Waals surface area contributed by atoms with Crippen LogP contribution in [0.25, 0.3) is 11.4 Å². The first-order valence-corrected chi connectivity index (χ1v) is 11.1. The van der Waals surface area contributed by atoms with Gasteiger partial charge in [0.15, 0.2) is 0 Å². The van der Waals surface area contributed by atoms with E-state index < -0.39 is 40.4 Å². The Bertz CT molecular complexity index is 1340. The van der Waals surface area contributed by atoms with Gasteiger partial charge < -0.3 is 9.73 Å². The summed E-state index contributed by atoms with van der Waals surface area (Å²) in [5.74, 6) is -1.32. The summed E-state index contributed by atoms with van der Waals surface area (Å²) >= 11 is 0. The highest BCUT2D eigenvalue weighted by Crippen LogP contribution is 2.46. The number of hydrogen-bond donors (Lipinski definition) is 1. The summed E-state index contributed by atoms with van der Waals surface area (Å²) in [6.07, 6.45) is 2.65. The Labute approximate surface area is 199 Å². The molecular formula is C23H24N6O6. The molecule has 1 unspecified atom stereocenters. The molecule has 2 aromatic heterocycles. The summed E-state index contributed by atoms with van der Waals surface area (Å²) in [5, 5.41) is 21.7. The van der Waals surface area contributed by atoms with Crippen LogP contribution < -0.4 is 10.9 Å². The second-order valence-electron chi connectivity index (χ2n) is 9.11. The SMILES string of the molecule is CC(C)C(NC(=O)Cn1c(-c2ccccc2)ncc([N+](=O)[O-])c1=O)C(=O)c1nnc(C2(C)CC2)o1. The fourth-order valence-electron chi connectivity index (χ4n) is 3.57. The van der Waals surface area contributed by atoms with Crippen LogP contribution in [0.1, 0.15) is 50.2 Å². The zero-order chi connectivity index (χ0) is 25.3. The highest BCUT2D eigenvalue weighted by molar-refractivity contribution is 5.98. The lowest BCUT2D eigenvalue weighted by atomic mass is 9.99. The molecule has 1 fully saturated rings. The van der Waals surface area contributed by atoms with Crippen LogP contribution in [0.5, 0.6) is 0 Å². The van der Waals surface area contributed by atoms with E-state index in [-0.39, 0.29) is 23.0 Å². The molecule has 1 saturated carbocycles. The molecule has 1 aromatic carbocycles. The van der Waals surface area contributed by atoms with E-state index in [9.17, 15) is 24.5 Å². The van der Waals surface area contributed by atoms with Crippen molar-refractivity contribution in [2.45, 2.75) is 51.6 Å². The lowest BCUT2D eigenvalue weighted by molar-refractivity contribution is -0.386. The first-order valence-electron chi connectivity index (χ1n) is 11.1. The molecule has 182 valence electrons. The number of aromatic nitrogens is 4. The first kappa shape index (κ1) is 23.9. The van der Waals surface area contributed by atoms with E-state index >= 15 is 0 Å². The van der Waals surface area contributed by atoms with Crippen LogP contribution in [0.15, 0.2) is 45.7 Å². The van der Waals surface area contributed by atoms with Crippen molar-refractivity contribution in [2.24, 2.45) is 5.92 Å². The van der Waals surface area contributed by atoms with Crippen molar-refractivity contribution >= 4 is 17.4 Å². The smallest absolute Gasteiger partial charge is 0.352 e. The van der Waals surface area contributed by atoms with Crippen LogP contribution in [-0.4, -0.2) is 42.4 Å². The fraction of sp³-hybridized carbons (Fsp3) is 0.391. The highest BCUT2D eigenvalue weighted by Gasteiger charge is 2.45. The normalized spacial score (nSPS) is 15.0. The van der Waals surface area contributed by atoms with Gasteiger partial charge in [0.1, 0.15) is 18.6 Å². The van der Waals surface area contributed by atoms with Crippen molar-refractivity contribution in [3.63, 3.8) is 0 Å². The van der Waals surface area contributed by atoms with Gasteiger partial charge in [0.05, 0.1) is 11.0 Å². The zero-order valence-corrected chi connectivity index (χ0v) is 19.4. The van der Waals surface area contributed by atoms with E-state index in [0.29, 0.717) is 11.5 Å². The van der Waals surface area contributed by atoms with Gasteiger partial charge in [-0.1, -0.05) is 51.1 Å². The number of hydrogen-bond acceptors (Lipinski definition) is 9. The third-order valence-electron chi connectivity index (χ3n) is 5.98. The number of carbonyl (C=O) groups is 2. The van der Waals surface area contributed by atoms with Crippen LogP contribution in [0.3, 0.4) is 0 Å². The average molecular weight is 480 g/mol. The predicted octanol–water partition coefficient (Wildman–Crippen LogP) is 2.28. The number of ketones is 1. The summed E-state index contributed by atoms with van der Waals surface area (Å²) in [6.45, 7) is 4.85. The van der Waals surface area contributed by atoms with E-state index in [1.807, 2.05) is 6.92 Å². The minimum Gasteiger partial charge on any atom is -0.418 e. The van der Waals surface area contributed by atoms with E-state index in [4.69, 9.17) is 4.42 Å². The Morgan fingerprint density at radius 1 is 1.23 bits per heavy atom. The second kappa shape index (κ2) is 9.20. The number of Topliss-reactive ketones (excluding diaryl/α,β-unsaturated/α-hetero) is 1. The number of nitrogens with one attached hydrogen (secondary N) is 1. The van der Waals surface area contributed by atoms with Crippen LogP contribution in [-0.2, 0) is 16.8 Å². The molecule has 12 heteroatoms. The molecule has 0 bridgehead atoms. The molecule has 1 amide bonds. The summed E-state index contributed by atoms with van der Waals surface area (Å²) in [6, 6.07) is 7.50. The summed E-state index contributed by atoms with van der Waals surface area (Å²) in [7, 11) is 0. The van der Waals surface area contributed by atoms with Gasteiger partial charge in [0.2, 0.25) is 17.6 Å². The van der Waals surface area contributed by atoms with E-state index in [1.54, 1.807) is 44.2 Å². The molecule has 1 atom stereocenters. The number of nitro groups is 1. The Balaban J connectivity index is 1.60. The Morgan fingerprint density at radius 3 is 2.51 bits per heavy atom. The number of nitrogens with zero attached hydrogens (tertiary/aromatic N) is 5. The molecule has 3 aromatic rings. The van der Waals surface area contributed by atoms with Crippen molar-refractivity contribution in [3.8, 4) is 11.4 Å². The largest absolute Gasteiger partial charge is 0.418 e. The first-order chi connectivity index (χ1) is 16.6. The number of rotatable bonds is 9. The maximum Gasteiger partial charge on any atom is 0.352 e. The molecule has 2 heterocycles. The van der Waals surface area contributed by atoms with Crippen molar-refractivity contribution in [1.29, 1.82) is 0 Å². The summed E-state index contributed by atoms with van der Waals surface area (Å²) in [5.41, 5.74) is -1.46. The van der Waals surface area contributed by atoms with Gasteiger partial charge in [0, 0.05) is 11.0 Å². The van der Waals surface area contributed by atoms with Crippen LogP contribution in [0, 0.1) is 16.0 Å². The van der Waals surface area contributed by atoms with Crippen molar-refractivity contribution < 1.29 is 18.9 Å². The minimum atomic E-state index is -1.01. The number of carbonyl (C=O) groups excluding carboxylic acids is 2. The Kier molecular flexibility index (Phi) is 6.29. The topological polar surface area (TPSA) is 163 Å². The lowest BCUT2D eigenvalue weighted by Crippen LogP contribution is -2.46. The molecule has 0 radical (unpaired) electrons. The maximum atomic E-state index is 13.1. The van der Waals surface area contributed by atoms with Gasteiger partial charge >= 0.3 is 11.2 Å². The van der Waals surface area contributed by atoms with E-state index in [2.05, 4.69) is 20.5 Å². The third-order valence-corrected chi connectivity index (χ3v) is 5.98. The van der Waals surface area contributed by atoms with Gasteiger partial charge in [-0.2, -0.15) is 0 Å². The third kappa shape index (κ3) is 4.86. The molecular weight excluding hydrogens is 456 g/mol. The molecule has 1 aliphatic rings. The molecule has 0 spiro atoms. The molecule has 4 rings (SSSR count). The predicted molar refractivity (Wildman–Crippen MR) is 123 cm³/mol. The Hall–Kier alpha value is -4.22. The number of amides is 1. The van der Waals surface area contributed by atoms with Crippen LogP contribution >= 0.6 is 0 Å². The molecule has 0 aliphatic heterocycles. The zero-order valence-electron chi connectivity index (χ0n) is 19.4. The van der Waals surface area contributed by atoms with Crippen molar-refractivity contribution in [1.82, 2.24) is 25.1 Å². The van der Waals surface area contributed by atoms with Gasteiger partial charge in [-0.15, -0.1) is 10.2 Å². The maximum absolute atomic E-state index is 13.1. The number of benzene rings is 1. The van der Waals surface area contributed by atoms with Gasteiger partial charge in [-0.05, 0) is 18.8 Å². The summed E-state index contributed by atoms with van der Waals surface area (Å²) in [4.78, 5) is 53.3. The van der Waals surface area contributed by atoms with Crippen LogP contribution in [0.4, 0.5) is 5.69 Å². The molecule has 1 N–H and O–H groups in total. The molecule has 1 aliphatic carbocycles. The van der Waals surface area contributed by atoms with Gasteiger partial charge in [-0.25, -0.2) is 4.98 Å². The summed E-state index contributed by atoms with van der Waals surface area (Å²) < 4.78 is 6.50. The van der Waals surface area contributed by atoms with Gasteiger partial charge in [-0.3, -0.25) is 29.1 Å². The van der Waals surface area contributed by atoms with Crippen molar-refractivity contribution in [3.05, 3.63) is 68.8 Å². The van der Waals surface area contributed by atoms with Crippen LogP contribution in [0.2, 0.25) is 0 Å². The van der Waals surface area contributed by atoms with E-state index in [1.165, 1.54) is 0 Å². The van der Waals surface area contributed by atoms with Crippen molar-refractivity contribution in [2.75, 3.05) is 0 Å². The van der Waals surface area contributed by atoms with Gasteiger partial charge in [0.25, 0.3) is 5.89 Å². The van der Waals surface area contributed by atoms with E-state index in [0.717, 1.165) is 23.6 Å².